The van der Waals surface area contributed by atoms with E-state index in [-0.39, 0.29) is 11.1 Å². The third-order valence-corrected chi connectivity index (χ3v) is 2.47. The van der Waals surface area contributed by atoms with Gasteiger partial charge in [-0.15, -0.1) is 0 Å². The molecule has 1 N–H and O–H groups in total. The first-order valence-electron chi connectivity index (χ1n) is 5.93. The molecule has 0 fully saturated rings. The van der Waals surface area contributed by atoms with Crippen molar-refractivity contribution in [1.29, 1.82) is 0 Å². The van der Waals surface area contributed by atoms with E-state index in [0.717, 1.165) is 0 Å². The molecule has 1 aromatic carbocycles. The molecule has 0 atom stereocenters. The Balaban J connectivity index is 0.000000861. The Labute approximate surface area is 111 Å². The molecule has 19 heavy (non-hydrogen) atoms. The summed E-state index contributed by atoms with van der Waals surface area (Å²) in [5.74, 6) is -1.30. The van der Waals surface area contributed by atoms with Gasteiger partial charge in [-0.05, 0) is 24.6 Å². The molecular weight excluding hydrogens is 248 g/mol. The van der Waals surface area contributed by atoms with Gasteiger partial charge in [0, 0.05) is 5.56 Å². The van der Waals surface area contributed by atoms with E-state index in [9.17, 15) is 9.59 Å². The lowest BCUT2D eigenvalue weighted by Crippen LogP contribution is -2.10. The van der Waals surface area contributed by atoms with Crippen LogP contribution in [0.3, 0.4) is 0 Å². The zero-order valence-electron chi connectivity index (χ0n) is 11.1. The fraction of sp³-hybridized carbons (Fsp3) is 0.286. The highest BCUT2D eigenvalue weighted by molar-refractivity contribution is 5.96. The first-order chi connectivity index (χ1) is 9.13. The van der Waals surface area contributed by atoms with Crippen LogP contribution in [-0.4, -0.2) is 24.2 Å². The number of carboxylic acids is 1. The van der Waals surface area contributed by atoms with Crippen molar-refractivity contribution in [2.45, 2.75) is 20.3 Å². The van der Waals surface area contributed by atoms with Gasteiger partial charge in [0.25, 0.3) is 0 Å². The zero-order chi connectivity index (χ0) is 14.4. The lowest BCUT2D eigenvalue weighted by Gasteiger charge is -2.15. The van der Waals surface area contributed by atoms with Crippen LogP contribution in [0.2, 0.25) is 0 Å². The minimum atomic E-state index is -1.09. The Kier molecular flexibility index (Phi) is 5.11. The van der Waals surface area contributed by atoms with Gasteiger partial charge in [0.2, 0.25) is 0 Å². The van der Waals surface area contributed by atoms with Gasteiger partial charge in [0.05, 0.1) is 24.5 Å². The molecule has 1 aromatic rings. The number of carbonyl (C=O) groups excluding carboxylic acids is 1. The maximum atomic E-state index is 11.4. The van der Waals surface area contributed by atoms with Crippen molar-refractivity contribution in [2.75, 3.05) is 7.11 Å². The van der Waals surface area contributed by atoms with E-state index in [1.807, 2.05) is 13.8 Å². The summed E-state index contributed by atoms with van der Waals surface area (Å²) >= 11 is 0. The van der Waals surface area contributed by atoms with Crippen LogP contribution < -0.4 is 4.74 Å². The average Bonchev–Trinajstić information content (AvgIpc) is 2.47. The van der Waals surface area contributed by atoms with Crippen molar-refractivity contribution in [1.82, 2.24) is 0 Å². The molecule has 0 unspecified atom stereocenters. The largest absolute Gasteiger partial charge is 0.478 e. The van der Waals surface area contributed by atoms with Crippen LogP contribution >= 0.6 is 0 Å². The molecule has 1 aliphatic rings. The second kappa shape index (κ2) is 6.58. The lowest BCUT2D eigenvalue weighted by molar-refractivity contribution is 0.0600. The van der Waals surface area contributed by atoms with Gasteiger partial charge in [-0.25, -0.2) is 9.59 Å². The maximum absolute atomic E-state index is 11.4. The fourth-order valence-electron chi connectivity index (χ4n) is 1.67. The van der Waals surface area contributed by atoms with E-state index >= 15 is 0 Å². The number of fused-ring (bicyclic) bond motifs is 1. The van der Waals surface area contributed by atoms with Crippen molar-refractivity contribution in [2.24, 2.45) is 0 Å². The molecular formula is C14H16O5. The molecule has 5 nitrogen and oxygen atoms in total. The summed E-state index contributed by atoms with van der Waals surface area (Å²) in [6, 6.07) is 2.78. The second-order valence-corrected chi connectivity index (χ2v) is 3.49. The number of allylic oxidation sites excluding steroid dienone is 1. The summed E-state index contributed by atoms with van der Waals surface area (Å²) in [5, 5.41) is 9.09. The highest BCUT2D eigenvalue weighted by Gasteiger charge is 2.20. The Morgan fingerprint density at radius 1 is 1.32 bits per heavy atom. The number of benzene rings is 1. The number of hydrogen-bond acceptors (Lipinski definition) is 4. The Hall–Kier alpha value is -2.30. The standard InChI is InChI=1S/C12H10O5.C2H6/c1-16-12(15)7-5-9(11(13)14)8-3-2-4-17-10(8)6-7;1-2/h2,4-6H,3H2,1H3,(H,13,14);1-2H3. The molecule has 5 heteroatoms. The number of ether oxygens (including phenoxy) is 2. The summed E-state index contributed by atoms with van der Waals surface area (Å²) in [6.45, 7) is 4.00. The second-order valence-electron chi connectivity index (χ2n) is 3.49. The molecule has 2 rings (SSSR count). The third-order valence-electron chi connectivity index (χ3n) is 2.47. The molecule has 1 aliphatic heterocycles. The molecule has 1 heterocycles. The summed E-state index contributed by atoms with van der Waals surface area (Å²) in [5.41, 5.74) is 0.791. The highest BCUT2D eigenvalue weighted by atomic mass is 16.5. The molecule has 0 aliphatic carbocycles. The van der Waals surface area contributed by atoms with Gasteiger partial charge in [-0.2, -0.15) is 0 Å². The smallest absolute Gasteiger partial charge is 0.338 e. The van der Waals surface area contributed by atoms with E-state index in [1.165, 1.54) is 25.5 Å². The van der Waals surface area contributed by atoms with Gasteiger partial charge < -0.3 is 14.6 Å². The zero-order valence-corrected chi connectivity index (χ0v) is 11.1. The topological polar surface area (TPSA) is 72.8 Å². The Bertz CT molecular complexity index is 517. The molecule has 0 bridgehead atoms. The van der Waals surface area contributed by atoms with Crippen LogP contribution in [-0.2, 0) is 11.2 Å². The summed E-state index contributed by atoms with van der Waals surface area (Å²) in [4.78, 5) is 22.5. The van der Waals surface area contributed by atoms with Crippen LogP contribution in [0.15, 0.2) is 24.5 Å². The summed E-state index contributed by atoms with van der Waals surface area (Å²) < 4.78 is 9.75. The van der Waals surface area contributed by atoms with Crippen LogP contribution in [0.25, 0.3) is 0 Å². The van der Waals surface area contributed by atoms with Crippen molar-refractivity contribution in [3.8, 4) is 5.75 Å². The first kappa shape index (κ1) is 14.8. The number of aromatic carboxylic acids is 1. The van der Waals surface area contributed by atoms with E-state index in [2.05, 4.69) is 4.74 Å². The summed E-state index contributed by atoms with van der Waals surface area (Å²) in [6.07, 6.45) is 3.65. The van der Waals surface area contributed by atoms with Crippen molar-refractivity contribution < 1.29 is 24.2 Å². The first-order valence-corrected chi connectivity index (χ1v) is 5.93. The summed E-state index contributed by atoms with van der Waals surface area (Å²) in [7, 11) is 1.24. The van der Waals surface area contributed by atoms with Gasteiger partial charge >= 0.3 is 11.9 Å². The number of carbonyl (C=O) groups is 2. The third kappa shape index (κ3) is 3.13. The number of esters is 1. The van der Waals surface area contributed by atoms with Crippen molar-refractivity contribution in [3.05, 3.63) is 41.2 Å². The molecule has 102 valence electrons. The van der Waals surface area contributed by atoms with E-state index in [0.29, 0.717) is 17.7 Å². The highest BCUT2D eigenvalue weighted by Crippen LogP contribution is 2.29. The number of carboxylic acid groups (broad SMARTS) is 1. The minimum absolute atomic E-state index is 0.0623. The fourth-order valence-corrected chi connectivity index (χ4v) is 1.67. The number of hydrogen-bond donors (Lipinski definition) is 1. The van der Waals surface area contributed by atoms with Crippen molar-refractivity contribution in [3.63, 3.8) is 0 Å². The SMILES string of the molecule is CC.COC(=O)c1cc2c(c(C(=O)O)c1)CC=CO2. The van der Waals surface area contributed by atoms with E-state index in [4.69, 9.17) is 9.84 Å². The molecule has 0 amide bonds. The number of methoxy groups -OCH3 is 1. The predicted molar refractivity (Wildman–Crippen MR) is 69.6 cm³/mol. The minimum Gasteiger partial charge on any atom is -0.478 e. The Morgan fingerprint density at radius 3 is 2.58 bits per heavy atom. The molecule has 0 saturated heterocycles. The van der Waals surface area contributed by atoms with Gasteiger partial charge in [-0.3, -0.25) is 0 Å². The number of rotatable bonds is 2. The van der Waals surface area contributed by atoms with Crippen LogP contribution in [0.5, 0.6) is 5.75 Å². The molecule has 0 saturated carbocycles. The Morgan fingerprint density at radius 2 is 2.00 bits per heavy atom. The quantitative estimate of drug-likeness (QED) is 0.831. The molecule has 0 spiro atoms. The van der Waals surface area contributed by atoms with Gasteiger partial charge in [0.1, 0.15) is 5.75 Å². The predicted octanol–water partition coefficient (Wildman–Crippen LogP) is 2.65. The van der Waals surface area contributed by atoms with Crippen LogP contribution in [0.4, 0.5) is 0 Å². The van der Waals surface area contributed by atoms with Crippen LogP contribution in [0.1, 0.15) is 40.1 Å². The van der Waals surface area contributed by atoms with E-state index in [1.54, 1.807) is 6.08 Å². The molecule has 0 radical (unpaired) electrons. The normalized spacial score (nSPS) is 11.5. The lowest BCUT2D eigenvalue weighted by atomic mass is 9.99. The van der Waals surface area contributed by atoms with Crippen LogP contribution in [0, 0.1) is 0 Å². The average molecular weight is 264 g/mol. The molecule has 0 aromatic heterocycles. The monoisotopic (exact) mass is 264 g/mol. The van der Waals surface area contributed by atoms with E-state index < -0.39 is 11.9 Å². The maximum Gasteiger partial charge on any atom is 0.338 e. The van der Waals surface area contributed by atoms with Crippen molar-refractivity contribution >= 4 is 11.9 Å². The van der Waals surface area contributed by atoms with Gasteiger partial charge in [0.15, 0.2) is 0 Å². The van der Waals surface area contributed by atoms with Gasteiger partial charge in [-0.1, -0.05) is 13.8 Å².